The van der Waals surface area contributed by atoms with Gasteiger partial charge in [-0.05, 0) is 18.8 Å². The van der Waals surface area contributed by atoms with Crippen molar-refractivity contribution in [2.75, 3.05) is 53.0 Å². The second kappa shape index (κ2) is 7.35. The fourth-order valence-corrected chi connectivity index (χ4v) is 3.47. The number of carbonyl (C=O) groups excluding carboxylic acids is 2. The summed E-state index contributed by atoms with van der Waals surface area (Å²) in [5, 5.41) is 5.83. The van der Waals surface area contributed by atoms with Gasteiger partial charge in [0.15, 0.2) is 0 Å². The number of carbonyl (C=O) groups is 2. The first-order valence-electron chi connectivity index (χ1n) is 8.36. The van der Waals surface area contributed by atoms with Crippen LogP contribution in [0.3, 0.4) is 0 Å². The number of likely N-dealkylation sites (tertiary alicyclic amines) is 1. The number of methoxy groups -OCH3 is 1. The molecule has 2 N–H and O–H groups in total. The monoisotopic (exact) mass is 326 g/mol. The van der Waals surface area contributed by atoms with Crippen LogP contribution in [0.4, 0.5) is 9.59 Å². The molecule has 0 aromatic carbocycles. The van der Waals surface area contributed by atoms with Crippen LogP contribution >= 0.6 is 0 Å². The summed E-state index contributed by atoms with van der Waals surface area (Å²) in [7, 11) is 1.64. The van der Waals surface area contributed by atoms with E-state index in [2.05, 4.69) is 10.6 Å². The van der Waals surface area contributed by atoms with Crippen LogP contribution in [-0.4, -0.2) is 87.1 Å². The van der Waals surface area contributed by atoms with E-state index in [0.29, 0.717) is 19.1 Å². The molecule has 0 aromatic rings. The molecule has 3 fully saturated rings. The summed E-state index contributed by atoms with van der Waals surface area (Å²) in [6.07, 6.45) is 1.81. The Hall–Kier alpha value is -1.54. The number of hydrogen-bond donors (Lipinski definition) is 2. The van der Waals surface area contributed by atoms with Crippen LogP contribution < -0.4 is 10.6 Å². The second-order valence-corrected chi connectivity index (χ2v) is 6.48. The van der Waals surface area contributed by atoms with Crippen molar-refractivity contribution in [3.8, 4) is 0 Å². The van der Waals surface area contributed by atoms with Crippen molar-refractivity contribution in [1.29, 1.82) is 0 Å². The van der Waals surface area contributed by atoms with Gasteiger partial charge in [0.2, 0.25) is 0 Å². The zero-order valence-electron chi connectivity index (χ0n) is 13.6. The minimum absolute atomic E-state index is 0.0389. The number of hydrogen-bond acceptors (Lipinski definition) is 4. The van der Waals surface area contributed by atoms with Gasteiger partial charge in [0.05, 0.1) is 19.3 Å². The number of nitrogens with zero attached hydrogens (tertiary/aromatic N) is 2. The summed E-state index contributed by atoms with van der Waals surface area (Å²) < 4.78 is 10.7. The average molecular weight is 326 g/mol. The molecule has 3 aliphatic rings. The summed E-state index contributed by atoms with van der Waals surface area (Å²) in [5.74, 6) is 0.476. The molecule has 0 aliphatic carbocycles. The third kappa shape index (κ3) is 3.87. The maximum absolute atomic E-state index is 12.3. The minimum Gasteiger partial charge on any atom is -0.377 e. The second-order valence-electron chi connectivity index (χ2n) is 6.48. The van der Waals surface area contributed by atoms with Gasteiger partial charge in [0, 0.05) is 39.8 Å². The van der Waals surface area contributed by atoms with Gasteiger partial charge >= 0.3 is 12.1 Å². The van der Waals surface area contributed by atoms with Crippen LogP contribution in [0.15, 0.2) is 0 Å². The molecule has 0 bridgehead atoms. The van der Waals surface area contributed by atoms with Crippen molar-refractivity contribution >= 4 is 12.1 Å². The highest BCUT2D eigenvalue weighted by molar-refractivity contribution is 5.76. The zero-order chi connectivity index (χ0) is 16.2. The van der Waals surface area contributed by atoms with Crippen LogP contribution in [0, 0.1) is 5.92 Å². The molecule has 2 atom stereocenters. The SMILES string of the molecule is CO[C@@H]1COC[C@@H]1NC(=O)N1CCC(CN2CCNC2=O)CC1. The van der Waals surface area contributed by atoms with Crippen LogP contribution in [0.25, 0.3) is 0 Å². The smallest absolute Gasteiger partial charge is 0.317 e. The van der Waals surface area contributed by atoms with Crippen LogP contribution in [-0.2, 0) is 9.47 Å². The summed E-state index contributed by atoms with van der Waals surface area (Å²) in [5.41, 5.74) is 0. The highest BCUT2D eigenvalue weighted by Gasteiger charge is 2.32. The molecule has 0 radical (unpaired) electrons. The Morgan fingerprint density at radius 2 is 2.13 bits per heavy atom. The van der Waals surface area contributed by atoms with Gasteiger partial charge < -0.3 is 29.9 Å². The van der Waals surface area contributed by atoms with Gasteiger partial charge in [-0.15, -0.1) is 0 Å². The Balaban J connectivity index is 1.41. The molecule has 3 aliphatic heterocycles. The molecule has 3 heterocycles. The number of nitrogens with one attached hydrogen (secondary N) is 2. The predicted molar refractivity (Wildman–Crippen MR) is 83.2 cm³/mol. The van der Waals surface area contributed by atoms with Crippen molar-refractivity contribution in [2.45, 2.75) is 25.0 Å². The lowest BCUT2D eigenvalue weighted by Crippen LogP contribution is -2.52. The van der Waals surface area contributed by atoms with Crippen molar-refractivity contribution in [3.05, 3.63) is 0 Å². The van der Waals surface area contributed by atoms with E-state index in [9.17, 15) is 9.59 Å². The molecule has 8 heteroatoms. The Kier molecular flexibility index (Phi) is 5.22. The van der Waals surface area contributed by atoms with Crippen molar-refractivity contribution < 1.29 is 19.1 Å². The van der Waals surface area contributed by atoms with Gasteiger partial charge in [0.25, 0.3) is 0 Å². The van der Waals surface area contributed by atoms with Crippen molar-refractivity contribution in [1.82, 2.24) is 20.4 Å². The van der Waals surface area contributed by atoms with Crippen LogP contribution in [0.2, 0.25) is 0 Å². The largest absolute Gasteiger partial charge is 0.377 e. The van der Waals surface area contributed by atoms with Gasteiger partial charge in [-0.25, -0.2) is 9.59 Å². The molecule has 3 rings (SSSR count). The number of amides is 4. The lowest BCUT2D eigenvalue weighted by Gasteiger charge is -2.34. The molecule has 0 unspecified atom stereocenters. The Morgan fingerprint density at radius 1 is 1.35 bits per heavy atom. The fraction of sp³-hybridized carbons (Fsp3) is 0.867. The van der Waals surface area contributed by atoms with Gasteiger partial charge in [-0.1, -0.05) is 0 Å². The van der Waals surface area contributed by atoms with E-state index < -0.39 is 0 Å². The average Bonchev–Trinajstić information content (AvgIpc) is 3.17. The van der Waals surface area contributed by atoms with E-state index in [1.54, 1.807) is 7.11 Å². The number of piperidine rings is 1. The first-order valence-corrected chi connectivity index (χ1v) is 8.36. The molecular formula is C15H26N4O4. The Labute approximate surface area is 136 Å². The van der Waals surface area contributed by atoms with Gasteiger partial charge in [0.1, 0.15) is 6.10 Å². The third-order valence-corrected chi connectivity index (χ3v) is 4.97. The molecule has 4 amide bonds. The zero-order valence-corrected chi connectivity index (χ0v) is 13.6. The van der Waals surface area contributed by atoms with Gasteiger partial charge in [-0.3, -0.25) is 0 Å². The summed E-state index contributed by atoms with van der Waals surface area (Å²) in [4.78, 5) is 27.7. The molecule has 23 heavy (non-hydrogen) atoms. The predicted octanol–water partition coefficient (Wildman–Crippen LogP) is -0.153. The summed E-state index contributed by atoms with van der Waals surface area (Å²) in [6, 6.07) is -0.0737. The number of rotatable bonds is 4. The van der Waals surface area contributed by atoms with E-state index in [1.807, 2.05) is 9.80 Å². The molecular weight excluding hydrogens is 300 g/mol. The molecule has 8 nitrogen and oxygen atoms in total. The molecule has 130 valence electrons. The first-order chi connectivity index (χ1) is 11.2. The van der Waals surface area contributed by atoms with Crippen molar-refractivity contribution in [3.63, 3.8) is 0 Å². The van der Waals surface area contributed by atoms with E-state index >= 15 is 0 Å². The fourth-order valence-electron chi connectivity index (χ4n) is 3.47. The van der Waals surface area contributed by atoms with E-state index in [4.69, 9.17) is 9.47 Å². The third-order valence-electron chi connectivity index (χ3n) is 4.97. The molecule has 3 saturated heterocycles. The van der Waals surface area contributed by atoms with E-state index in [1.165, 1.54) is 0 Å². The highest BCUT2D eigenvalue weighted by atomic mass is 16.5. The lowest BCUT2D eigenvalue weighted by atomic mass is 9.96. The number of ether oxygens (including phenoxy) is 2. The highest BCUT2D eigenvalue weighted by Crippen LogP contribution is 2.20. The molecule has 0 spiro atoms. The van der Waals surface area contributed by atoms with E-state index in [-0.39, 0.29) is 24.2 Å². The maximum Gasteiger partial charge on any atom is 0.317 e. The summed E-state index contributed by atoms with van der Waals surface area (Å²) in [6.45, 7) is 4.83. The molecule has 0 aromatic heterocycles. The maximum atomic E-state index is 12.3. The van der Waals surface area contributed by atoms with Crippen LogP contribution in [0.1, 0.15) is 12.8 Å². The normalized spacial score (nSPS) is 29.0. The number of urea groups is 2. The molecule has 0 saturated carbocycles. The Morgan fingerprint density at radius 3 is 2.78 bits per heavy atom. The quantitative estimate of drug-likeness (QED) is 0.752. The minimum atomic E-state index is -0.0708. The van der Waals surface area contributed by atoms with Crippen molar-refractivity contribution in [2.24, 2.45) is 5.92 Å². The topological polar surface area (TPSA) is 83.1 Å². The first kappa shape index (κ1) is 16.3. The van der Waals surface area contributed by atoms with Gasteiger partial charge in [-0.2, -0.15) is 0 Å². The standard InChI is InChI=1S/C15H26N4O4/c1-22-13-10-23-9-12(13)17-15(21)18-5-2-11(3-6-18)8-19-7-4-16-14(19)20/h11-13H,2-10H2,1H3,(H,16,20)(H,17,21)/t12-,13+/m0/s1. The van der Waals surface area contributed by atoms with Crippen LogP contribution in [0.5, 0.6) is 0 Å². The van der Waals surface area contributed by atoms with E-state index in [0.717, 1.165) is 45.6 Å². The Bertz CT molecular complexity index is 439. The summed E-state index contributed by atoms with van der Waals surface area (Å²) >= 11 is 0. The lowest BCUT2D eigenvalue weighted by molar-refractivity contribution is 0.0728.